The number of benzene rings is 1. The first-order valence-electron chi connectivity index (χ1n) is 7.13. The van der Waals surface area contributed by atoms with Gasteiger partial charge in [-0.3, -0.25) is 20.2 Å². The fourth-order valence-electron chi connectivity index (χ4n) is 1.86. The van der Waals surface area contributed by atoms with Crippen molar-refractivity contribution >= 4 is 17.5 Å². The molecule has 9 heteroatoms. The standard InChI is InChI=1S/C14H18N2O7/c1-4-6-22-14(17)23-13-11(9(3)5-2)7-10(15(18)19)8-12(13)16(20)21/h7-9H,4-6H2,1-3H3/t9-/m0/s1. The summed E-state index contributed by atoms with van der Waals surface area (Å²) >= 11 is 0. The summed E-state index contributed by atoms with van der Waals surface area (Å²) < 4.78 is 9.73. The molecule has 9 nitrogen and oxygen atoms in total. The lowest BCUT2D eigenvalue weighted by Crippen LogP contribution is -2.14. The third-order valence-electron chi connectivity index (χ3n) is 3.24. The maximum atomic E-state index is 11.6. The number of ether oxygens (including phenoxy) is 2. The summed E-state index contributed by atoms with van der Waals surface area (Å²) in [7, 11) is 0. The number of non-ortho nitro benzene ring substituents is 1. The molecule has 0 amide bonds. The highest BCUT2D eigenvalue weighted by molar-refractivity contribution is 5.70. The van der Waals surface area contributed by atoms with Gasteiger partial charge in [0.15, 0.2) is 0 Å². The third-order valence-corrected chi connectivity index (χ3v) is 3.24. The number of carbonyl (C=O) groups excluding carboxylic acids is 1. The van der Waals surface area contributed by atoms with E-state index in [0.29, 0.717) is 12.8 Å². The highest BCUT2D eigenvalue weighted by Crippen LogP contribution is 2.40. The lowest BCUT2D eigenvalue weighted by Gasteiger charge is -2.14. The van der Waals surface area contributed by atoms with Crippen LogP contribution >= 0.6 is 0 Å². The van der Waals surface area contributed by atoms with Crippen LogP contribution in [-0.4, -0.2) is 22.6 Å². The predicted molar refractivity (Wildman–Crippen MR) is 80.7 cm³/mol. The highest BCUT2D eigenvalue weighted by Gasteiger charge is 2.29. The van der Waals surface area contributed by atoms with E-state index in [2.05, 4.69) is 0 Å². The second-order valence-corrected chi connectivity index (χ2v) is 4.91. The lowest BCUT2D eigenvalue weighted by molar-refractivity contribution is -0.394. The van der Waals surface area contributed by atoms with Crippen LogP contribution in [0.25, 0.3) is 0 Å². The highest BCUT2D eigenvalue weighted by atomic mass is 16.7. The Morgan fingerprint density at radius 1 is 1.22 bits per heavy atom. The van der Waals surface area contributed by atoms with Gasteiger partial charge in [0.25, 0.3) is 5.69 Å². The van der Waals surface area contributed by atoms with Gasteiger partial charge in [-0.1, -0.05) is 20.8 Å². The molecule has 126 valence electrons. The first-order valence-corrected chi connectivity index (χ1v) is 7.13. The minimum Gasteiger partial charge on any atom is -0.434 e. The van der Waals surface area contributed by atoms with E-state index in [1.807, 2.05) is 6.92 Å². The fraction of sp³-hybridized carbons (Fsp3) is 0.500. The topological polar surface area (TPSA) is 122 Å². The van der Waals surface area contributed by atoms with Crippen LogP contribution in [-0.2, 0) is 4.74 Å². The van der Waals surface area contributed by atoms with E-state index < -0.39 is 27.4 Å². The second kappa shape index (κ2) is 8.06. The molecule has 1 atom stereocenters. The van der Waals surface area contributed by atoms with Crippen molar-refractivity contribution < 1.29 is 24.1 Å². The molecule has 0 aliphatic rings. The SMILES string of the molecule is CCCOC(=O)Oc1c([C@@H](C)CC)cc([N+](=O)[O-])cc1[N+](=O)[O-]. The van der Waals surface area contributed by atoms with E-state index >= 15 is 0 Å². The summed E-state index contributed by atoms with van der Waals surface area (Å²) in [6, 6.07) is 1.96. The zero-order valence-electron chi connectivity index (χ0n) is 13.1. The van der Waals surface area contributed by atoms with Crippen LogP contribution in [0.4, 0.5) is 16.2 Å². The van der Waals surface area contributed by atoms with E-state index in [9.17, 15) is 25.0 Å². The number of nitro benzene ring substituents is 2. The van der Waals surface area contributed by atoms with Crippen molar-refractivity contribution in [3.8, 4) is 5.75 Å². The van der Waals surface area contributed by atoms with Crippen LogP contribution in [0.2, 0.25) is 0 Å². The molecule has 0 aromatic heterocycles. The molecule has 0 aliphatic heterocycles. The Hall–Kier alpha value is -2.71. The number of hydrogen-bond donors (Lipinski definition) is 0. The predicted octanol–water partition coefficient (Wildman–Crippen LogP) is 3.94. The molecule has 0 unspecified atom stereocenters. The van der Waals surface area contributed by atoms with E-state index in [1.165, 1.54) is 6.07 Å². The van der Waals surface area contributed by atoms with Crippen LogP contribution in [0.3, 0.4) is 0 Å². The van der Waals surface area contributed by atoms with Crippen molar-refractivity contribution in [2.45, 2.75) is 39.5 Å². The Bertz CT molecular complexity index is 615. The Balaban J connectivity index is 3.40. The Morgan fingerprint density at radius 2 is 1.87 bits per heavy atom. The third kappa shape index (κ3) is 4.63. The number of hydrogen-bond acceptors (Lipinski definition) is 7. The van der Waals surface area contributed by atoms with Gasteiger partial charge >= 0.3 is 11.8 Å². The molecule has 0 aliphatic carbocycles. The van der Waals surface area contributed by atoms with Crippen LogP contribution < -0.4 is 4.74 Å². The summed E-state index contributed by atoms with van der Waals surface area (Å²) in [6.45, 7) is 5.44. The van der Waals surface area contributed by atoms with Gasteiger partial charge in [0, 0.05) is 11.6 Å². The van der Waals surface area contributed by atoms with Gasteiger partial charge in [-0.15, -0.1) is 0 Å². The second-order valence-electron chi connectivity index (χ2n) is 4.91. The van der Waals surface area contributed by atoms with Crippen molar-refractivity contribution in [2.24, 2.45) is 0 Å². The van der Waals surface area contributed by atoms with Gasteiger partial charge in [-0.2, -0.15) is 0 Å². The number of nitrogens with zero attached hydrogens (tertiary/aromatic N) is 2. The molecule has 0 spiro atoms. The average molecular weight is 326 g/mol. The molecule has 0 bridgehead atoms. The van der Waals surface area contributed by atoms with Crippen molar-refractivity contribution in [3.63, 3.8) is 0 Å². The summed E-state index contributed by atoms with van der Waals surface area (Å²) in [4.78, 5) is 32.3. The fourth-order valence-corrected chi connectivity index (χ4v) is 1.86. The summed E-state index contributed by atoms with van der Waals surface area (Å²) in [5, 5.41) is 22.2. The average Bonchev–Trinajstić information content (AvgIpc) is 2.51. The van der Waals surface area contributed by atoms with Crippen LogP contribution in [0.15, 0.2) is 12.1 Å². The van der Waals surface area contributed by atoms with Crippen LogP contribution in [0.1, 0.15) is 45.1 Å². The minimum absolute atomic E-state index is 0.109. The number of rotatable bonds is 7. The van der Waals surface area contributed by atoms with E-state index in [1.54, 1.807) is 13.8 Å². The molecular weight excluding hydrogens is 308 g/mol. The Kier molecular flexibility index (Phi) is 6.43. The van der Waals surface area contributed by atoms with Crippen molar-refractivity contribution in [2.75, 3.05) is 6.61 Å². The summed E-state index contributed by atoms with van der Waals surface area (Å²) in [6.07, 6.45) is 0.0438. The van der Waals surface area contributed by atoms with E-state index in [4.69, 9.17) is 9.47 Å². The minimum atomic E-state index is -1.08. The van der Waals surface area contributed by atoms with Gasteiger partial charge in [-0.05, 0) is 18.8 Å². The maximum absolute atomic E-state index is 11.6. The smallest absolute Gasteiger partial charge is 0.434 e. The summed E-state index contributed by atoms with van der Waals surface area (Å²) in [5.41, 5.74) is -0.842. The molecule has 1 aromatic carbocycles. The molecule has 0 radical (unpaired) electrons. The van der Waals surface area contributed by atoms with Gasteiger partial charge in [-0.25, -0.2) is 4.79 Å². The van der Waals surface area contributed by atoms with Gasteiger partial charge in [0.05, 0.1) is 22.5 Å². The molecule has 23 heavy (non-hydrogen) atoms. The molecule has 0 saturated carbocycles. The zero-order chi connectivity index (χ0) is 17.6. The molecule has 0 heterocycles. The molecule has 1 rings (SSSR count). The van der Waals surface area contributed by atoms with Crippen molar-refractivity contribution in [1.82, 2.24) is 0 Å². The first-order chi connectivity index (χ1) is 10.8. The largest absolute Gasteiger partial charge is 0.514 e. The molecule has 1 aromatic rings. The van der Waals surface area contributed by atoms with Crippen molar-refractivity contribution in [3.05, 3.63) is 37.9 Å². The van der Waals surface area contributed by atoms with Gasteiger partial charge in [0.2, 0.25) is 5.75 Å². The Labute approximate surface area is 132 Å². The lowest BCUT2D eigenvalue weighted by atomic mass is 9.96. The maximum Gasteiger partial charge on any atom is 0.514 e. The molecule has 0 N–H and O–H groups in total. The van der Waals surface area contributed by atoms with Gasteiger partial charge in [0.1, 0.15) is 0 Å². The van der Waals surface area contributed by atoms with Gasteiger partial charge < -0.3 is 9.47 Å². The van der Waals surface area contributed by atoms with E-state index in [-0.39, 0.29) is 23.8 Å². The normalized spacial score (nSPS) is 11.6. The Morgan fingerprint density at radius 3 is 2.35 bits per heavy atom. The number of carbonyl (C=O) groups is 1. The monoisotopic (exact) mass is 326 g/mol. The van der Waals surface area contributed by atoms with Crippen LogP contribution in [0.5, 0.6) is 5.75 Å². The van der Waals surface area contributed by atoms with Crippen LogP contribution in [0, 0.1) is 20.2 Å². The summed E-state index contributed by atoms with van der Waals surface area (Å²) in [5.74, 6) is -0.585. The molecule has 0 fully saturated rings. The molecule has 0 saturated heterocycles. The number of nitro groups is 2. The zero-order valence-corrected chi connectivity index (χ0v) is 13.1. The first kappa shape index (κ1) is 18.3. The quantitative estimate of drug-likeness (QED) is 0.322. The van der Waals surface area contributed by atoms with E-state index in [0.717, 1.165) is 6.07 Å². The van der Waals surface area contributed by atoms with Crippen molar-refractivity contribution in [1.29, 1.82) is 0 Å². The molecular formula is C14H18N2O7.